The van der Waals surface area contributed by atoms with Crippen molar-refractivity contribution in [1.29, 1.82) is 0 Å². The first-order valence-electron chi connectivity index (χ1n) is 9.59. The molecule has 0 saturated heterocycles. The second kappa shape index (κ2) is 8.31. The van der Waals surface area contributed by atoms with Crippen LogP contribution in [0.5, 0.6) is 5.88 Å². The minimum atomic E-state index is -2.80. The Bertz CT molecular complexity index is 917. The number of ether oxygens (including phenoxy) is 1. The summed E-state index contributed by atoms with van der Waals surface area (Å²) < 4.78 is 48.4. The van der Waals surface area contributed by atoms with E-state index in [4.69, 9.17) is 16.3 Å². The minimum Gasteiger partial charge on any atom is -0.465 e. The minimum absolute atomic E-state index is 0.0923. The first-order chi connectivity index (χ1) is 13.9. The number of hydrogen-bond acceptors (Lipinski definition) is 7. The predicted octanol–water partition coefficient (Wildman–Crippen LogP) is 4.27. The average Bonchev–Trinajstić information content (AvgIpc) is 3.51. The van der Waals surface area contributed by atoms with Gasteiger partial charge in [0.15, 0.2) is 22.2 Å². The normalized spacial score (nSPS) is 22.3. The maximum atomic E-state index is 14.7. The van der Waals surface area contributed by atoms with Gasteiger partial charge in [0.25, 0.3) is 6.43 Å². The van der Waals surface area contributed by atoms with Gasteiger partial charge in [0.2, 0.25) is 5.88 Å². The third-order valence-corrected chi connectivity index (χ3v) is 6.00. The van der Waals surface area contributed by atoms with Crippen molar-refractivity contribution in [3.8, 4) is 5.88 Å². The summed E-state index contributed by atoms with van der Waals surface area (Å²) in [5.74, 6) is -0.115. The van der Waals surface area contributed by atoms with E-state index in [1.54, 1.807) is 0 Å². The quantitative estimate of drug-likeness (QED) is 0.373. The van der Waals surface area contributed by atoms with Crippen LogP contribution in [0.15, 0.2) is 5.16 Å². The van der Waals surface area contributed by atoms with Crippen molar-refractivity contribution in [2.24, 2.45) is 0 Å². The molecule has 1 unspecified atom stereocenters. The van der Waals surface area contributed by atoms with Gasteiger partial charge in [0, 0.05) is 12.1 Å². The van der Waals surface area contributed by atoms with Gasteiger partial charge in [-0.05, 0) is 25.0 Å². The Morgan fingerprint density at radius 2 is 2.03 bits per heavy atom. The van der Waals surface area contributed by atoms with E-state index < -0.39 is 29.5 Å². The standard InChI is InChI=1S/C18H21ClF3N5OS/c1-3-8(23-7-5-6-7)11-13(15(21)22)28-17-9-12(10(20)14(19)26-17)25-18(29-4-2)27-16(9)24-11/h7-8,11,13,15,23H,3-6H2,1-2H3,(H,24,25,27)/t8-,11-,13?/m0/s1. The van der Waals surface area contributed by atoms with E-state index in [1.807, 2.05) is 13.8 Å². The van der Waals surface area contributed by atoms with E-state index in [2.05, 4.69) is 25.6 Å². The zero-order valence-electron chi connectivity index (χ0n) is 15.9. The Labute approximate surface area is 175 Å². The Kier molecular flexibility index (Phi) is 5.94. The molecule has 1 saturated carbocycles. The maximum absolute atomic E-state index is 14.7. The summed E-state index contributed by atoms with van der Waals surface area (Å²) >= 11 is 7.22. The van der Waals surface area contributed by atoms with Gasteiger partial charge in [-0.3, -0.25) is 0 Å². The lowest BCUT2D eigenvalue weighted by Crippen LogP contribution is -2.55. The lowest BCUT2D eigenvalue weighted by atomic mass is 9.99. The van der Waals surface area contributed by atoms with Gasteiger partial charge in [-0.15, -0.1) is 0 Å². The molecule has 2 aromatic rings. The Morgan fingerprint density at radius 1 is 1.28 bits per heavy atom. The van der Waals surface area contributed by atoms with E-state index in [1.165, 1.54) is 11.8 Å². The number of aromatic nitrogens is 3. The van der Waals surface area contributed by atoms with Gasteiger partial charge in [-0.1, -0.05) is 37.2 Å². The number of rotatable bonds is 7. The smallest absolute Gasteiger partial charge is 0.276 e. The highest BCUT2D eigenvalue weighted by atomic mass is 35.5. The van der Waals surface area contributed by atoms with Gasteiger partial charge in [-0.2, -0.15) is 4.98 Å². The first kappa shape index (κ1) is 20.7. The molecule has 29 heavy (non-hydrogen) atoms. The molecule has 3 heterocycles. The number of nitrogens with one attached hydrogen (secondary N) is 2. The molecule has 6 nitrogen and oxygen atoms in total. The molecule has 11 heteroatoms. The lowest BCUT2D eigenvalue weighted by Gasteiger charge is -2.32. The van der Waals surface area contributed by atoms with Gasteiger partial charge >= 0.3 is 0 Å². The maximum Gasteiger partial charge on any atom is 0.276 e. The van der Waals surface area contributed by atoms with Crippen LogP contribution < -0.4 is 15.4 Å². The van der Waals surface area contributed by atoms with Crippen LogP contribution in [0.4, 0.5) is 19.0 Å². The number of hydrogen-bond donors (Lipinski definition) is 2. The molecule has 0 radical (unpaired) electrons. The molecular weight excluding hydrogens is 427 g/mol. The monoisotopic (exact) mass is 447 g/mol. The van der Waals surface area contributed by atoms with Crippen LogP contribution in [-0.2, 0) is 0 Å². The van der Waals surface area contributed by atoms with Crippen LogP contribution in [0.25, 0.3) is 10.9 Å². The Balaban J connectivity index is 1.85. The molecule has 2 N–H and O–H groups in total. The Hall–Kier alpha value is -1.52. The number of nitrogens with zero attached hydrogens (tertiary/aromatic N) is 3. The average molecular weight is 448 g/mol. The topological polar surface area (TPSA) is 72.0 Å². The van der Waals surface area contributed by atoms with Crippen molar-refractivity contribution in [1.82, 2.24) is 20.3 Å². The van der Waals surface area contributed by atoms with Crippen molar-refractivity contribution < 1.29 is 17.9 Å². The van der Waals surface area contributed by atoms with Crippen LogP contribution in [-0.4, -0.2) is 51.4 Å². The lowest BCUT2D eigenvalue weighted by molar-refractivity contribution is -0.00600. The zero-order chi connectivity index (χ0) is 20.7. The zero-order valence-corrected chi connectivity index (χ0v) is 17.5. The van der Waals surface area contributed by atoms with Crippen molar-refractivity contribution in [2.75, 3.05) is 11.1 Å². The van der Waals surface area contributed by atoms with E-state index >= 15 is 0 Å². The highest BCUT2D eigenvalue weighted by molar-refractivity contribution is 7.99. The second-order valence-electron chi connectivity index (χ2n) is 7.08. The summed E-state index contributed by atoms with van der Waals surface area (Å²) in [4.78, 5) is 12.5. The van der Waals surface area contributed by atoms with Crippen LogP contribution in [0.2, 0.25) is 5.15 Å². The van der Waals surface area contributed by atoms with Crippen LogP contribution >= 0.6 is 23.4 Å². The van der Waals surface area contributed by atoms with Gasteiger partial charge in [0.05, 0.1) is 6.04 Å². The third-order valence-electron chi connectivity index (χ3n) is 5.02. The SMILES string of the molecule is CCSc1nc2c3c(nc(Cl)c(F)c3n1)OC(C(F)F)[C@H]([C@H](CC)NC1CC1)N2. The third kappa shape index (κ3) is 4.06. The number of anilines is 1. The van der Waals surface area contributed by atoms with Crippen molar-refractivity contribution in [3.05, 3.63) is 11.0 Å². The summed E-state index contributed by atoms with van der Waals surface area (Å²) in [5, 5.41) is 6.48. The molecule has 3 atom stereocenters. The number of pyridine rings is 1. The molecule has 2 aromatic heterocycles. The summed E-state index contributed by atoms with van der Waals surface area (Å²) in [6.45, 7) is 3.83. The molecule has 1 fully saturated rings. The first-order valence-corrected chi connectivity index (χ1v) is 11.0. The van der Waals surface area contributed by atoms with Crippen LogP contribution in [0.1, 0.15) is 33.1 Å². The molecule has 0 amide bonds. The summed E-state index contributed by atoms with van der Waals surface area (Å²) in [7, 11) is 0. The second-order valence-corrected chi connectivity index (χ2v) is 8.67. The number of thioether (sulfide) groups is 1. The molecule has 0 spiro atoms. The van der Waals surface area contributed by atoms with E-state index in [0.29, 0.717) is 23.4 Å². The Morgan fingerprint density at radius 3 is 2.66 bits per heavy atom. The van der Waals surface area contributed by atoms with Crippen LogP contribution in [0, 0.1) is 5.82 Å². The molecule has 4 rings (SSSR count). The molecular formula is C18H21ClF3N5OS. The summed E-state index contributed by atoms with van der Waals surface area (Å²) in [6, 6.07) is -0.773. The molecule has 0 aromatic carbocycles. The fourth-order valence-corrected chi connectivity index (χ4v) is 4.22. The molecule has 0 bridgehead atoms. The molecule has 1 aliphatic carbocycles. The molecule has 1 aliphatic heterocycles. The van der Waals surface area contributed by atoms with Gasteiger partial charge in [-0.25, -0.2) is 23.1 Å². The fourth-order valence-electron chi connectivity index (χ4n) is 3.48. The molecule has 2 aliphatic rings. The van der Waals surface area contributed by atoms with Crippen molar-refractivity contribution >= 4 is 40.1 Å². The van der Waals surface area contributed by atoms with Crippen LogP contribution in [0.3, 0.4) is 0 Å². The van der Waals surface area contributed by atoms with Gasteiger partial charge < -0.3 is 15.4 Å². The van der Waals surface area contributed by atoms with E-state index in [9.17, 15) is 13.2 Å². The fraction of sp³-hybridized carbons (Fsp3) is 0.611. The van der Waals surface area contributed by atoms with E-state index in [0.717, 1.165) is 12.8 Å². The summed E-state index contributed by atoms with van der Waals surface area (Å²) in [6.07, 6.45) is -1.68. The summed E-state index contributed by atoms with van der Waals surface area (Å²) in [5.41, 5.74) is -0.0923. The largest absolute Gasteiger partial charge is 0.465 e. The number of alkyl halides is 2. The molecule has 158 valence electrons. The highest BCUT2D eigenvalue weighted by Gasteiger charge is 2.42. The predicted molar refractivity (Wildman–Crippen MR) is 107 cm³/mol. The van der Waals surface area contributed by atoms with E-state index in [-0.39, 0.29) is 28.6 Å². The van der Waals surface area contributed by atoms with Gasteiger partial charge in [0.1, 0.15) is 16.7 Å². The van der Waals surface area contributed by atoms with Crippen molar-refractivity contribution in [2.45, 2.75) is 68.9 Å². The number of halogens is 4. The highest BCUT2D eigenvalue weighted by Crippen LogP contribution is 2.39. The van der Waals surface area contributed by atoms with Crippen molar-refractivity contribution in [3.63, 3.8) is 0 Å².